The Morgan fingerprint density at radius 1 is 0.917 bits per heavy atom. The number of nitrogens with one attached hydrogen (secondary N) is 1. The largest absolute Gasteiger partial charge is 0.457 e. The Balaban J connectivity index is 1.66. The van der Waals surface area contributed by atoms with Crippen LogP contribution < -0.4 is 16.1 Å². The quantitative estimate of drug-likeness (QED) is 0.613. The lowest BCUT2D eigenvalue weighted by molar-refractivity contribution is 0.461. The van der Waals surface area contributed by atoms with Gasteiger partial charge in [0.05, 0.1) is 5.52 Å². The minimum atomic E-state index is -0.747. The van der Waals surface area contributed by atoms with Crippen molar-refractivity contribution in [2.75, 3.05) is 0 Å². The molecular weight excluding hydrogens is 326 g/mol. The number of aromatic amines is 1. The molecule has 0 bridgehead atoms. The number of rotatable bonds is 3. The molecule has 0 radical (unpaired) electrons. The highest BCUT2D eigenvalue weighted by atomic mass is 32.1. The van der Waals surface area contributed by atoms with E-state index in [-0.39, 0.29) is 0 Å². The van der Waals surface area contributed by atoms with Crippen LogP contribution in [0.15, 0.2) is 74.7 Å². The summed E-state index contributed by atoms with van der Waals surface area (Å²) in [5.41, 5.74) is 0.798. The summed E-state index contributed by atoms with van der Waals surface area (Å²) in [4.78, 5) is 26.3. The Morgan fingerprint density at radius 3 is 2.38 bits per heavy atom. The smallest absolute Gasteiger partial charge is 0.419 e. The van der Waals surface area contributed by atoms with Gasteiger partial charge in [-0.3, -0.25) is 4.98 Å². The SMILES string of the molecule is O=c1[nH]c2cc(-c3ccc(Oc4ccccc4)cc3)sc2c(=O)o1. The predicted octanol–water partition coefficient (Wildman–Crippen LogP) is 4.00. The second kappa shape index (κ2) is 5.82. The molecule has 2 aromatic carbocycles. The van der Waals surface area contributed by atoms with Gasteiger partial charge < -0.3 is 9.15 Å². The first-order valence-electron chi connectivity index (χ1n) is 7.19. The van der Waals surface area contributed by atoms with E-state index in [2.05, 4.69) is 9.40 Å². The number of fused-ring (bicyclic) bond motifs is 1. The highest BCUT2D eigenvalue weighted by molar-refractivity contribution is 7.22. The monoisotopic (exact) mass is 337 g/mol. The van der Waals surface area contributed by atoms with Crippen LogP contribution in [0.4, 0.5) is 0 Å². The summed E-state index contributed by atoms with van der Waals surface area (Å²) in [5.74, 6) is 0.740. The lowest BCUT2D eigenvalue weighted by Gasteiger charge is -2.05. The zero-order valence-electron chi connectivity index (χ0n) is 12.3. The first-order chi connectivity index (χ1) is 11.7. The van der Waals surface area contributed by atoms with E-state index in [0.29, 0.717) is 10.2 Å². The molecule has 24 heavy (non-hydrogen) atoms. The van der Waals surface area contributed by atoms with Gasteiger partial charge in [-0.05, 0) is 48.0 Å². The zero-order chi connectivity index (χ0) is 16.5. The molecule has 0 aliphatic heterocycles. The van der Waals surface area contributed by atoms with E-state index in [1.165, 1.54) is 11.3 Å². The van der Waals surface area contributed by atoms with Crippen LogP contribution in [-0.2, 0) is 0 Å². The van der Waals surface area contributed by atoms with Crippen molar-refractivity contribution in [2.24, 2.45) is 0 Å². The third-order valence-electron chi connectivity index (χ3n) is 3.46. The first kappa shape index (κ1) is 14.5. The molecule has 0 aliphatic carbocycles. The van der Waals surface area contributed by atoms with Crippen LogP contribution in [0.3, 0.4) is 0 Å². The Bertz CT molecular complexity index is 1110. The van der Waals surface area contributed by atoms with Crippen LogP contribution in [0.5, 0.6) is 11.5 Å². The van der Waals surface area contributed by atoms with E-state index in [1.807, 2.05) is 54.6 Å². The number of ether oxygens (including phenoxy) is 1. The summed E-state index contributed by atoms with van der Waals surface area (Å²) >= 11 is 1.28. The molecule has 118 valence electrons. The molecule has 4 aromatic rings. The molecule has 0 atom stereocenters. The highest BCUT2D eigenvalue weighted by Crippen LogP contribution is 2.32. The number of thiophene rings is 1. The second-order valence-corrected chi connectivity index (χ2v) is 6.15. The summed E-state index contributed by atoms with van der Waals surface area (Å²) in [6.45, 7) is 0. The average molecular weight is 337 g/mol. The van der Waals surface area contributed by atoms with E-state index >= 15 is 0 Å². The molecule has 5 nitrogen and oxygen atoms in total. The number of para-hydroxylation sites is 1. The summed E-state index contributed by atoms with van der Waals surface area (Å²) in [6.07, 6.45) is 0. The van der Waals surface area contributed by atoms with Crippen LogP contribution in [0.25, 0.3) is 20.7 Å². The van der Waals surface area contributed by atoms with Crippen molar-refractivity contribution in [3.63, 3.8) is 0 Å². The number of H-pyrrole nitrogens is 1. The Labute approximate surface area is 139 Å². The molecular formula is C18H11NO4S. The van der Waals surface area contributed by atoms with Gasteiger partial charge in [-0.15, -0.1) is 11.3 Å². The van der Waals surface area contributed by atoms with Crippen molar-refractivity contribution < 1.29 is 9.15 Å². The minimum absolute atomic E-state index is 0.397. The summed E-state index contributed by atoms with van der Waals surface area (Å²) in [7, 11) is 0. The molecule has 0 amide bonds. The van der Waals surface area contributed by atoms with Gasteiger partial charge in [0.25, 0.3) is 0 Å². The maximum absolute atomic E-state index is 11.7. The zero-order valence-corrected chi connectivity index (χ0v) is 13.1. The van der Waals surface area contributed by atoms with Gasteiger partial charge in [0.15, 0.2) is 0 Å². The molecule has 2 heterocycles. The van der Waals surface area contributed by atoms with Crippen molar-refractivity contribution in [3.8, 4) is 21.9 Å². The molecule has 2 aromatic heterocycles. The van der Waals surface area contributed by atoms with Crippen LogP contribution in [-0.4, -0.2) is 4.98 Å². The number of aromatic nitrogens is 1. The minimum Gasteiger partial charge on any atom is -0.457 e. The van der Waals surface area contributed by atoms with Crippen LogP contribution in [0, 0.1) is 0 Å². The maximum Gasteiger partial charge on any atom is 0.419 e. The topological polar surface area (TPSA) is 72.3 Å². The van der Waals surface area contributed by atoms with Crippen LogP contribution in [0.2, 0.25) is 0 Å². The molecule has 0 fully saturated rings. The van der Waals surface area contributed by atoms with Gasteiger partial charge >= 0.3 is 11.4 Å². The molecule has 0 saturated carbocycles. The maximum atomic E-state index is 11.7. The summed E-state index contributed by atoms with van der Waals surface area (Å²) in [5, 5.41) is 0. The third kappa shape index (κ3) is 2.75. The van der Waals surface area contributed by atoms with E-state index in [4.69, 9.17) is 4.74 Å². The van der Waals surface area contributed by atoms with Gasteiger partial charge in [-0.1, -0.05) is 18.2 Å². The summed E-state index contributed by atoms with van der Waals surface area (Å²) < 4.78 is 10.7. The van der Waals surface area contributed by atoms with Crippen molar-refractivity contribution in [2.45, 2.75) is 0 Å². The van der Waals surface area contributed by atoms with Crippen LogP contribution in [0.1, 0.15) is 0 Å². The Hall–Kier alpha value is -3.12. The lowest BCUT2D eigenvalue weighted by Crippen LogP contribution is -2.12. The summed E-state index contributed by atoms with van der Waals surface area (Å²) in [6, 6.07) is 18.8. The van der Waals surface area contributed by atoms with Crippen LogP contribution >= 0.6 is 11.3 Å². The molecule has 4 rings (SSSR count). The van der Waals surface area contributed by atoms with Gasteiger partial charge in [0.1, 0.15) is 16.2 Å². The fraction of sp³-hybridized carbons (Fsp3) is 0. The van der Waals surface area contributed by atoms with Crippen molar-refractivity contribution in [3.05, 3.63) is 81.6 Å². The van der Waals surface area contributed by atoms with Gasteiger partial charge in [-0.25, -0.2) is 9.59 Å². The lowest BCUT2D eigenvalue weighted by atomic mass is 10.2. The second-order valence-electron chi connectivity index (χ2n) is 5.09. The Kier molecular flexibility index (Phi) is 3.51. The molecule has 0 aliphatic rings. The molecule has 0 saturated heterocycles. The van der Waals surface area contributed by atoms with E-state index < -0.39 is 11.4 Å². The molecule has 6 heteroatoms. The standard InChI is InChI=1S/C18H11NO4S/c20-17-16-14(19-18(21)23-17)10-15(24-16)11-6-8-13(9-7-11)22-12-4-2-1-3-5-12/h1-10H,(H,19,21). The average Bonchev–Trinajstić information content (AvgIpc) is 3.01. The fourth-order valence-electron chi connectivity index (χ4n) is 2.36. The first-order valence-corrected chi connectivity index (χ1v) is 8.01. The highest BCUT2D eigenvalue weighted by Gasteiger charge is 2.10. The number of hydrogen-bond acceptors (Lipinski definition) is 5. The van der Waals surface area contributed by atoms with Crippen molar-refractivity contribution in [1.82, 2.24) is 4.98 Å². The fourth-order valence-corrected chi connectivity index (χ4v) is 3.35. The molecule has 0 spiro atoms. The number of benzene rings is 2. The molecule has 0 unspecified atom stereocenters. The van der Waals surface area contributed by atoms with Crippen molar-refractivity contribution in [1.29, 1.82) is 0 Å². The van der Waals surface area contributed by atoms with Gasteiger partial charge in [0.2, 0.25) is 0 Å². The van der Waals surface area contributed by atoms with Crippen molar-refractivity contribution >= 4 is 21.6 Å². The predicted molar refractivity (Wildman–Crippen MR) is 92.9 cm³/mol. The van der Waals surface area contributed by atoms with E-state index in [0.717, 1.165) is 21.9 Å². The van der Waals surface area contributed by atoms with E-state index in [1.54, 1.807) is 6.07 Å². The number of hydrogen-bond donors (Lipinski definition) is 1. The molecule has 1 N–H and O–H groups in total. The van der Waals surface area contributed by atoms with Gasteiger partial charge in [0, 0.05) is 4.88 Å². The Morgan fingerprint density at radius 2 is 1.62 bits per heavy atom. The normalized spacial score (nSPS) is 10.8. The van der Waals surface area contributed by atoms with Gasteiger partial charge in [-0.2, -0.15) is 0 Å². The third-order valence-corrected chi connectivity index (χ3v) is 4.62. The van der Waals surface area contributed by atoms with E-state index in [9.17, 15) is 9.59 Å².